The fraction of sp³-hybridized carbons (Fsp3) is 0.286. The number of imidazole rings is 1. The monoisotopic (exact) mass is 258 g/mol. The summed E-state index contributed by atoms with van der Waals surface area (Å²) in [6.45, 7) is 2.60. The Morgan fingerprint density at radius 1 is 1.58 bits per heavy atom. The lowest BCUT2D eigenvalue weighted by Crippen LogP contribution is -2.19. The first-order valence-corrected chi connectivity index (χ1v) is 6.12. The number of fused-ring (bicyclic) bond motifs is 1. The average molecular weight is 258 g/mol. The van der Waals surface area contributed by atoms with Gasteiger partial charge >= 0.3 is 5.97 Å². The fourth-order valence-corrected chi connectivity index (χ4v) is 2.48. The number of benzene rings is 1. The van der Waals surface area contributed by atoms with Gasteiger partial charge in [-0.2, -0.15) is 0 Å². The van der Waals surface area contributed by atoms with Crippen LogP contribution in [0, 0.1) is 6.92 Å². The maximum atomic E-state index is 11.0. The van der Waals surface area contributed by atoms with Crippen molar-refractivity contribution in [3.05, 3.63) is 47.5 Å². The molecule has 19 heavy (non-hydrogen) atoms. The van der Waals surface area contributed by atoms with Crippen LogP contribution in [0.4, 0.5) is 0 Å². The molecule has 1 unspecified atom stereocenters. The molecular weight excluding hydrogens is 244 g/mol. The van der Waals surface area contributed by atoms with Gasteiger partial charge < -0.3 is 14.4 Å². The molecule has 98 valence electrons. The Hall–Kier alpha value is -2.30. The van der Waals surface area contributed by atoms with Crippen LogP contribution in [0.25, 0.3) is 0 Å². The van der Waals surface area contributed by atoms with Gasteiger partial charge in [0.05, 0.1) is 18.4 Å². The number of rotatable bonds is 3. The molecule has 2 aromatic rings. The van der Waals surface area contributed by atoms with E-state index in [1.165, 1.54) is 0 Å². The van der Waals surface area contributed by atoms with Gasteiger partial charge in [-0.3, -0.25) is 0 Å². The third-order valence-electron chi connectivity index (χ3n) is 3.30. The van der Waals surface area contributed by atoms with Crippen LogP contribution >= 0.6 is 0 Å². The molecule has 0 spiro atoms. The maximum absolute atomic E-state index is 11.0. The van der Waals surface area contributed by atoms with Crippen LogP contribution in [-0.2, 0) is 13.0 Å². The van der Waals surface area contributed by atoms with Crippen LogP contribution in [0.2, 0.25) is 0 Å². The Bertz CT molecular complexity index is 620. The first-order chi connectivity index (χ1) is 9.13. The second-order valence-electron chi connectivity index (χ2n) is 4.79. The topological polar surface area (TPSA) is 64.3 Å². The van der Waals surface area contributed by atoms with Gasteiger partial charge in [-0.1, -0.05) is 0 Å². The van der Waals surface area contributed by atoms with E-state index >= 15 is 0 Å². The van der Waals surface area contributed by atoms with E-state index in [0.29, 0.717) is 5.56 Å². The van der Waals surface area contributed by atoms with Crippen molar-refractivity contribution in [3.8, 4) is 5.75 Å². The summed E-state index contributed by atoms with van der Waals surface area (Å²) < 4.78 is 7.87. The highest BCUT2D eigenvalue weighted by Gasteiger charge is 2.26. The summed E-state index contributed by atoms with van der Waals surface area (Å²) in [6, 6.07) is 3.36. The first-order valence-electron chi connectivity index (χ1n) is 6.12. The van der Waals surface area contributed by atoms with Gasteiger partial charge in [0.2, 0.25) is 0 Å². The summed E-state index contributed by atoms with van der Waals surface area (Å²) in [5, 5.41) is 9.06. The van der Waals surface area contributed by atoms with Crippen molar-refractivity contribution in [2.24, 2.45) is 0 Å². The first kappa shape index (κ1) is 11.8. The lowest BCUT2D eigenvalue weighted by molar-refractivity contribution is 0.0696. The third kappa shape index (κ3) is 2.19. The third-order valence-corrected chi connectivity index (χ3v) is 3.30. The normalized spacial score (nSPS) is 17.0. The smallest absolute Gasteiger partial charge is 0.335 e. The minimum Gasteiger partial charge on any atom is -0.488 e. The Kier molecular flexibility index (Phi) is 2.74. The van der Waals surface area contributed by atoms with Crippen LogP contribution in [0.1, 0.15) is 21.5 Å². The quantitative estimate of drug-likeness (QED) is 0.913. The lowest BCUT2D eigenvalue weighted by atomic mass is 10.0. The Morgan fingerprint density at radius 3 is 3.11 bits per heavy atom. The molecule has 1 aromatic carbocycles. The number of aryl methyl sites for hydroxylation is 1. The summed E-state index contributed by atoms with van der Waals surface area (Å²) >= 11 is 0. The van der Waals surface area contributed by atoms with Crippen molar-refractivity contribution < 1.29 is 14.6 Å². The van der Waals surface area contributed by atoms with Crippen LogP contribution in [0.15, 0.2) is 30.9 Å². The molecule has 2 heterocycles. The second kappa shape index (κ2) is 4.42. The van der Waals surface area contributed by atoms with E-state index in [1.54, 1.807) is 24.7 Å². The Labute approximate surface area is 110 Å². The number of carboxylic acids is 1. The highest BCUT2D eigenvalue weighted by molar-refractivity contribution is 5.88. The van der Waals surface area contributed by atoms with E-state index in [2.05, 4.69) is 4.98 Å². The number of ether oxygens (including phenoxy) is 1. The minimum absolute atomic E-state index is 0.0342. The number of hydrogen-bond donors (Lipinski definition) is 1. The number of nitrogens with zero attached hydrogens (tertiary/aromatic N) is 2. The van der Waals surface area contributed by atoms with E-state index in [1.807, 2.05) is 17.7 Å². The zero-order valence-corrected chi connectivity index (χ0v) is 10.5. The molecule has 0 fully saturated rings. The van der Waals surface area contributed by atoms with Crippen molar-refractivity contribution in [2.75, 3.05) is 0 Å². The molecule has 1 N–H and O–H groups in total. The van der Waals surface area contributed by atoms with Gasteiger partial charge in [0.1, 0.15) is 11.9 Å². The molecule has 1 aliphatic rings. The van der Waals surface area contributed by atoms with E-state index < -0.39 is 5.97 Å². The molecule has 0 bridgehead atoms. The van der Waals surface area contributed by atoms with E-state index in [-0.39, 0.29) is 6.10 Å². The summed E-state index contributed by atoms with van der Waals surface area (Å²) in [4.78, 5) is 15.0. The molecule has 5 nitrogen and oxygen atoms in total. The van der Waals surface area contributed by atoms with Crippen molar-refractivity contribution in [3.63, 3.8) is 0 Å². The standard InChI is InChI=1S/C14H14N2O3/c1-9-4-11(14(17)18)5-10-6-12(19-13(9)10)7-16-3-2-15-8-16/h2-5,8,12H,6-7H2,1H3,(H,17,18). The van der Waals surface area contributed by atoms with Crippen molar-refractivity contribution in [1.82, 2.24) is 9.55 Å². The van der Waals surface area contributed by atoms with Gasteiger partial charge in [0.15, 0.2) is 0 Å². The largest absolute Gasteiger partial charge is 0.488 e. The van der Waals surface area contributed by atoms with Gasteiger partial charge in [-0.25, -0.2) is 9.78 Å². The van der Waals surface area contributed by atoms with Crippen LogP contribution in [0.5, 0.6) is 5.75 Å². The van der Waals surface area contributed by atoms with Crippen LogP contribution in [-0.4, -0.2) is 26.7 Å². The molecule has 0 saturated carbocycles. The summed E-state index contributed by atoms with van der Waals surface area (Å²) in [7, 11) is 0. The predicted molar refractivity (Wildman–Crippen MR) is 68.5 cm³/mol. The Balaban J connectivity index is 1.83. The molecule has 1 aromatic heterocycles. The Morgan fingerprint density at radius 2 is 2.42 bits per heavy atom. The van der Waals surface area contributed by atoms with E-state index in [0.717, 1.165) is 29.8 Å². The number of carbonyl (C=O) groups is 1. The number of aromatic nitrogens is 2. The van der Waals surface area contributed by atoms with Gasteiger partial charge in [-0.15, -0.1) is 0 Å². The number of hydrogen-bond acceptors (Lipinski definition) is 3. The summed E-state index contributed by atoms with van der Waals surface area (Å²) in [5.41, 5.74) is 2.17. The molecule has 5 heteroatoms. The molecule has 3 rings (SSSR count). The van der Waals surface area contributed by atoms with Gasteiger partial charge in [-0.05, 0) is 30.2 Å². The molecule has 0 aliphatic carbocycles. The summed E-state index contributed by atoms with van der Waals surface area (Å²) in [6.07, 6.45) is 6.14. The SMILES string of the molecule is Cc1cc(C(=O)O)cc2c1OC(Cn1ccnc1)C2. The highest BCUT2D eigenvalue weighted by atomic mass is 16.5. The molecule has 0 radical (unpaired) electrons. The van der Waals surface area contributed by atoms with Crippen LogP contribution < -0.4 is 4.74 Å². The van der Waals surface area contributed by atoms with E-state index in [9.17, 15) is 4.79 Å². The van der Waals surface area contributed by atoms with Gasteiger partial charge in [0, 0.05) is 18.8 Å². The van der Waals surface area contributed by atoms with E-state index in [4.69, 9.17) is 9.84 Å². The van der Waals surface area contributed by atoms with Crippen molar-refractivity contribution >= 4 is 5.97 Å². The average Bonchev–Trinajstić information content (AvgIpc) is 2.98. The zero-order chi connectivity index (χ0) is 13.4. The minimum atomic E-state index is -0.899. The molecule has 1 atom stereocenters. The number of carboxylic acid groups (broad SMARTS) is 1. The summed E-state index contributed by atoms with van der Waals surface area (Å²) in [5.74, 6) is -0.0703. The maximum Gasteiger partial charge on any atom is 0.335 e. The molecule has 0 amide bonds. The predicted octanol–water partition coefficient (Wildman–Crippen LogP) is 1.89. The fourth-order valence-electron chi connectivity index (χ4n) is 2.48. The lowest BCUT2D eigenvalue weighted by Gasteiger charge is -2.11. The van der Waals surface area contributed by atoms with Crippen molar-refractivity contribution in [1.29, 1.82) is 0 Å². The van der Waals surface area contributed by atoms with Crippen molar-refractivity contribution in [2.45, 2.75) is 26.0 Å². The second-order valence-corrected chi connectivity index (χ2v) is 4.79. The zero-order valence-electron chi connectivity index (χ0n) is 10.5. The van der Waals surface area contributed by atoms with Crippen LogP contribution in [0.3, 0.4) is 0 Å². The number of aromatic carboxylic acids is 1. The molecular formula is C14H14N2O3. The highest BCUT2D eigenvalue weighted by Crippen LogP contribution is 2.33. The van der Waals surface area contributed by atoms with Gasteiger partial charge in [0.25, 0.3) is 0 Å². The molecule has 1 aliphatic heterocycles. The molecule has 0 saturated heterocycles.